The Balaban J connectivity index is 1.26. The Morgan fingerprint density at radius 1 is 0.800 bits per heavy atom. The topological polar surface area (TPSA) is 142 Å². The van der Waals surface area contributed by atoms with Crippen molar-refractivity contribution in [3.05, 3.63) is 132 Å². The Morgan fingerprint density at radius 3 is 2.32 bits per heavy atom. The second kappa shape index (κ2) is 18.2. The molecule has 4 aromatic carbocycles. The van der Waals surface area contributed by atoms with Crippen LogP contribution in [0.1, 0.15) is 41.5 Å². The van der Waals surface area contributed by atoms with E-state index in [-0.39, 0.29) is 18.7 Å². The van der Waals surface area contributed by atoms with E-state index in [2.05, 4.69) is 15.6 Å². The Hall–Kier alpha value is -5.61. The minimum absolute atomic E-state index is 0.216. The molecule has 10 nitrogen and oxygen atoms in total. The van der Waals surface area contributed by atoms with Crippen molar-refractivity contribution in [3.8, 4) is 11.5 Å². The molecule has 0 aliphatic heterocycles. The Kier molecular flexibility index (Phi) is 13.0. The van der Waals surface area contributed by atoms with E-state index in [1.807, 2.05) is 109 Å². The van der Waals surface area contributed by atoms with Gasteiger partial charge in [0, 0.05) is 42.4 Å². The predicted molar refractivity (Wildman–Crippen MR) is 192 cm³/mol. The third-order valence-electron chi connectivity index (χ3n) is 8.74. The van der Waals surface area contributed by atoms with E-state index >= 15 is 0 Å². The maximum Gasteiger partial charge on any atom is 0.244 e. The second-order valence-corrected chi connectivity index (χ2v) is 12.2. The van der Waals surface area contributed by atoms with E-state index in [0.717, 1.165) is 44.7 Å². The van der Waals surface area contributed by atoms with Gasteiger partial charge < -0.3 is 25.1 Å². The van der Waals surface area contributed by atoms with Crippen LogP contribution in [0.4, 0.5) is 0 Å². The van der Waals surface area contributed by atoms with Gasteiger partial charge in [-0.2, -0.15) is 0 Å². The van der Waals surface area contributed by atoms with Gasteiger partial charge in [0.05, 0.1) is 7.11 Å². The molecule has 5 aromatic rings. The fourth-order valence-corrected chi connectivity index (χ4v) is 5.99. The Labute approximate surface area is 292 Å². The Bertz CT molecular complexity index is 1840. The van der Waals surface area contributed by atoms with Crippen LogP contribution in [0.2, 0.25) is 0 Å². The number of hydrogen-bond donors (Lipinski definition) is 5. The van der Waals surface area contributed by atoms with Crippen molar-refractivity contribution >= 4 is 28.6 Å². The number of aromatic amines is 1. The van der Waals surface area contributed by atoms with Gasteiger partial charge in [-0.15, -0.1) is 0 Å². The molecule has 0 saturated carbocycles. The maximum atomic E-state index is 13.8. The standard InChI is InChI=1S/C40H44N4O6/c1-49-33-20-18-28(19-21-33)12-9-14-31(25-38(45)44-48)39(46)43-36(24-32-26-42-35-16-7-6-15-34(32)35)40(47)41-23-22-30-13-5-8-17-37(30)50-27-29-10-3-2-4-11-29/h2-8,10-11,13,15-21,26,31,36,42,48H,9,12,14,22-25,27H2,1H3,(H,41,47)(H,43,46)(H,44,45)/t31-,36+/m0/s1. The molecule has 0 aliphatic carbocycles. The van der Waals surface area contributed by atoms with Crippen molar-refractivity contribution < 1.29 is 29.1 Å². The highest BCUT2D eigenvalue weighted by molar-refractivity contribution is 5.91. The number of hydrogen-bond acceptors (Lipinski definition) is 6. The van der Waals surface area contributed by atoms with Gasteiger partial charge in [0.15, 0.2) is 0 Å². The summed E-state index contributed by atoms with van der Waals surface area (Å²) in [5.41, 5.74) is 6.53. The van der Waals surface area contributed by atoms with Crippen molar-refractivity contribution in [2.75, 3.05) is 13.7 Å². The number of fused-ring (bicyclic) bond motifs is 1. The summed E-state index contributed by atoms with van der Waals surface area (Å²) in [4.78, 5) is 43.0. The molecule has 0 bridgehead atoms. The largest absolute Gasteiger partial charge is 0.497 e. The third kappa shape index (κ3) is 10.2. The lowest BCUT2D eigenvalue weighted by atomic mass is 9.94. The first-order valence-corrected chi connectivity index (χ1v) is 16.9. The van der Waals surface area contributed by atoms with Crippen molar-refractivity contribution in [3.63, 3.8) is 0 Å². The lowest BCUT2D eigenvalue weighted by molar-refractivity contribution is -0.136. The summed E-state index contributed by atoms with van der Waals surface area (Å²) in [5.74, 6) is -0.690. The number of aryl methyl sites for hydroxylation is 1. The first-order chi connectivity index (χ1) is 24.4. The number of nitrogens with one attached hydrogen (secondary N) is 4. The Morgan fingerprint density at radius 2 is 1.54 bits per heavy atom. The number of carbonyl (C=O) groups is 3. The SMILES string of the molecule is COc1ccc(CCC[C@@H](CC(=O)NO)C(=O)N[C@H](Cc2c[nH]c3ccccc23)C(=O)NCCc2ccccc2OCc2ccccc2)cc1. The van der Waals surface area contributed by atoms with Crippen molar-refractivity contribution in [1.29, 1.82) is 0 Å². The molecule has 0 unspecified atom stereocenters. The zero-order valence-corrected chi connectivity index (χ0v) is 28.2. The average Bonchev–Trinajstić information content (AvgIpc) is 3.56. The van der Waals surface area contributed by atoms with E-state index in [4.69, 9.17) is 9.47 Å². The van der Waals surface area contributed by atoms with Gasteiger partial charge in [0.25, 0.3) is 0 Å². The number of H-pyrrole nitrogens is 1. The van der Waals surface area contributed by atoms with E-state index in [9.17, 15) is 19.6 Å². The summed E-state index contributed by atoms with van der Waals surface area (Å²) < 4.78 is 11.3. The summed E-state index contributed by atoms with van der Waals surface area (Å²) in [6.07, 6.45) is 4.08. The molecular weight excluding hydrogens is 632 g/mol. The molecule has 0 fully saturated rings. The molecule has 3 amide bonds. The number of rotatable bonds is 18. The quantitative estimate of drug-likeness (QED) is 0.0598. The zero-order chi connectivity index (χ0) is 35.1. The molecule has 260 valence electrons. The van der Waals surface area contributed by atoms with E-state index in [1.165, 1.54) is 0 Å². The molecule has 0 saturated heterocycles. The lowest BCUT2D eigenvalue weighted by Crippen LogP contribution is -2.50. The molecule has 5 N–H and O–H groups in total. The van der Waals surface area contributed by atoms with Crippen LogP contribution in [0.5, 0.6) is 11.5 Å². The molecule has 1 aromatic heterocycles. The lowest BCUT2D eigenvalue weighted by Gasteiger charge is -2.22. The molecule has 1 heterocycles. The fraction of sp³-hybridized carbons (Fsp3) is 0.275. The number of amides is 3. The monoisotopic (exact) mass is 676 g/mol. The van der Waals surface area contributed by atoms with Crippen LogP contribution >= 0.6 is 0 Å². The smallest absolute Gasteiger partial charge is 0.244 e. The number of benzene rings is 4. The summed E-state index contributed by atoms with van der Waals surface area (Å²) in [5, 5.41) is 16.2. The predicted octanol–water partition coefficient (Wildman–Crippen LogP) is 5.68. The number of methoxy groups -OCH3 is 1. The van der Waals surface area contributed by atoms with Crippen molar-refractivity contribution in [2.24, 2.45) is 5.92 Å². The first-order valence-electron chi connectivity index (χ1n) is 16.9. The molecule has 5 rings (SSSR count). The van der Waals surface area contributed by atoms with Gasteiger partial charge in [-0.1, -0.05) is 78.9 Å². The van der Waals surface area contributed by atoms with Gasteiger partial charge >= 0.3 is 0 Å². The number of para-hydroxylation sites is 2. The normalized spacial score (nSPS) is 12.1. The van der Waals surface area contributed by atoms with Crippen LogP contribution in [0, 0.1) is 5.92 Å². The summed E-state index contributed by atoms with van der Waals surface area (Å²) in [6.45, 7) is 0.752. The number of aromatic nitrogens is 1. The van der Waals surface area contributed by atoms with Crippen LogP contribution in [0.3, 0.4) is 0 Å². The van der Waals surface area contributed by atoms with Crippen LogP contribution in [0.25, 0.3) is 10.9 Å². The number of hydroxylamine groups is 1. The molecule has 0 aliphatic rings. The maximum absolute atomic E-state index is 13.8. The summed E-state index contributed by atoms with van der Waals surface area (Å²) in [7, 11) is 1.61. The molecule has 10 heteroatoms. The van der Waals surface area contributed by atoms with E-state index in [1.54, 1.807) is 12.6 Å². The molecule has 0 radical (unpaired) electrons. The van der Waals surface area contributed by atoms with E-state index in [0.29, 0.717) is 38.8 Å². The second-order valence-electron chi connectivity index (χ2n) is 12.2. The zero-order valence-electron chi connectivity index (χ0n) is 28.2. The van der Waals surface area contributed by atoms with Crippen LogP contribution in [-0.2, 0) is 40.3 Å². The van der Waals surface area contributed by atoms with Crippen LogP contribution in [0.15, 0.2) is 109 Å². The molecule has 50 heavy (non-hydrogen) atoms. The highest BCUT2D eigenvalue weighted by Gasteiger charge is 2.28. The third-order valence-corrected chi connectivity index (χ3v) is 8.74. The summed E-state index contributed by atoms with van der Waals surface area (Å²) >= 11 is 0. The van der Waals surface area contributed by atoms with Gasteiger partial charge in [-0.05, 0) is 72.2 Å². The van der Waals surface area contributed by atoms with Gasteiger partial charge in [-0.3, -0.25) is 19.6 Å². The first kappa shape index (κ1) is 35.7. The minimum Gasteiger partial charge on any atom is -0.497 e. The molecule has 2 atom stereocenters. The van der Waals surface area contributed by atoms with Crippen LogP contribution < -0.4 is 25.6 Å². The van der Waals surface area contributed by atoms with Gasteiger partial charge in [0.2, 0.25) is 17.7 Å². The average molecular weight is 677 g/mol. The minimum atomic E-state index is -0.910. The van der Waals surface area contributed by atoms with Gasteiger partial charge in [0.1, 0.15) is 24.1 Å². The van der Waals surface area contributed by atoms with Crippen LogP contribution in [-0.4, -0.2) is 47.6 Å². The van der Waals surface area contributed by atoms with E-state index < -0.39 is 23.8 Å². The fourth-order valence-electron chi connectivity index (χ4n) is 5.99. The summed E-state index contributed by atoms with van der Waals surface area (Å²) in [6, 6.07) is 32.2. The highest BCUT2D eigenvalue weighted by Crippen LogP contribution is 2.22. The number of ether oxygens (including phenoxy) is 2. The van der Waals surface area contributed by atoms with Crippen molar-refractivity contribution in [2.45, 2.75) is 51.2 Å². The molecule has 0 spiro atoms. The van der Waals surface area contributed by atoms with Crippen molar-refractivity contribution in [1.82, 2.24) is 21.1 Å². The highest BCUT2D eigenvalue weighted by atomic mass is 16.5. The van der Waals surface area contributed by atoms with Gasteiger partial charge in [-0.25, -0.2) is 5.48 Å². The number of carbonyl (C=O) groups excluding carboxylic acids is 3. The molecular formula is C40H44N4O6.